The molecule has 6 nitrogen and oxygen atoms in total. The highest BCUT2D eigenvalue weighted by Crippen LogP contribution is 2.31. The van der Waals surface area contributed by atoms with Gasteiger partial charge >= 0.3 is 0 Å². The molecule has 1 aliphatic carbocycles. The van der Waals surface area contributed by atoms with Gasteiger partial charge in [0.1, 0.15) is 5.58 Å². The van der Waals surface area contributed by atoms with Crippen LogP contribution in [0.5, 0.6) is 0 Å². The summed E-state index contributed by atoms with van der Waals surface area (Å²) in [6, 6.07) is 13.9. The smallest absolute Gasteiger partial charge is 0.230 e. The van der Waals surface area contributed by atoms with E-state index in [9.17, 15) is 4.79 Å². The van der Waals surface area contributed by atoms with Crippen LogP contribution in [0.15, 0.2) is 51.4 Å². The number of benzene rings is 2. The molecule has 0 unspecified atom stereocenters. The zero-order valence-electron chi connectivity index (χ0n) is 16.6. The van der Waals surface area contributed by atoms with Gasteiger partial charge in [0.15, 0.2) is 4.34 Å². The molecule has 4 aromatic rings. The number of aryl methyl sites for hydroxylation is 2. The number of furan rings is 1. The second kappa shape index (κ2) is 8.53. The molecule has 2 aromatic heterocycles. The Morgan fingerprint density at radius 2 is 2.00 bits per heavy atom. The van der Waals surface area contributed by atoms with E-state index in [0.29, 0.717) is 10.7 Å². The van der Waals surface area contributed by atoms with Crippen molar-refractivity contribution in [2.45, 2.75) is 35.8 Å². The largest absolute Gasteiger partial charge is 0.464 e. The maximum Gasteiger partial charge on any atom is 0.230 e. The number of carbonyl (C=O) groups is 1. The van der Waals surface area contributed by atoms with Gasteiger partial charge in [-0.15, -0.1) is 10.2 Å². The van der Waals surface area contributed by atoms with Crippen molar-refractivity contribution in [1.82, 2.24) is 10.2 Å². The molecule has 1 aliphatic rings. The van der Waals surface area contributed by atoms with Gasteiger partial charge in [-0.25, -0.2) is 0 Å². The quantitative estimate of drug-likeness (QED) is 0.327. The van der Waals surface area contributed by atoms with Gasteiger partial charge in [-0.05, 0) is 60.2 Å². The van der Waals surface area contributed by atoms with Crippen LogP contribution in [0.25, 0.3) is 11.0 Å². The minimum atomic E-state index is -0.136. The summed E-state index contributed by atoms with van der Waals surface area (Å²) in [7, 11) is 0. The molecule has 0 saturated carbocycles. The zero-order chi connectivity index (χ0) is 21.2. The minimum Gasteiger partial charge on any atom is -0.464 e. The minimum absolute atomic E-state index is 0.136. The molecular formula is C23H18N4O2S2. The third-order valence-electron chi connectivity index (χ3n) is 5.32. The second-order valence-electron chi connectivity index (χ2n) is 7.43. The van der Waals surface area contributed by atoms with Gasteiger partial charge in [-0.3, -0.25) is 4.79 Å². The van der Waals surface area contributed by atoms with E-state index >= 15 is 0 Å². The molecule has 0 aliphatic heterocycles. The molecule has 0 radical (unpaired) electrons. The lowest BCUT2D eigenvalue weighted by Gasteiger charge is -2.02. The van der Waals surface area contributed by atoms with Gasteiger partial charge in [0.05, 0.1) is 24.3 Å². The van der Waals surface area contributed by atoms with E-state index in [1.54, 1.807) is 30.2 Å². The molecule has 154 valence electrons. The summed E-state index contributed by atoms with van der Waals surface area (Å²) in [5.41, 5.74) is 6.21. The van der Waals surface area contributed by atoms with Gasteiger partial charge in [-0.1, -0.05) is 35.2 Å². The Labute approximate surface area is 187 Å². The highest BCUT2D eigenvalue weighted by molar-refractivity contribution is 8.00. The van der Waals surface area contributed by atoms with Crippen molar-refractivity contribution in [1.29, 1.82) is 5.26 Å². The van der Waals surface area contributed by atoms with Crippen molar-refractivity contribution in [3.05, 3.63) is 70.5 Å². The molecule has 0 fully saturated rings. The Morgan fingerprint density at radius 3 is 2.81 bits per heavy atom. The van der Waals surface area contributed by atoms with Crippen LogP contribution >= 0.6 is 23.1 Å². The molecule has 2 aromatic carbocycles. The highest BCUT2D eigenvalue weighted by Gasteiger charge is 2.17. The number of carbonyl (C=O) groups excluding carboxylic acids is 1. The maximum atomic E-state index is 12.6. The van der Waals surface area contributed by atoms with Crippen molar-refractivity contribution in [3.8, 4) is 6.07 Å². The van der Waals surface area contributed by atoms with Gasteiger partial charge in [0.25, 0.3) is 0 Å². The first-order valence-electron chi connectivity index (χ1n) is 9.95. The zero-order valence-corrected chi connectivity index (χ0v) is 18.2. The molecule has 1 amide bonds. The lowest BCUT2D eigenvalue weighted by molar-refractivity contribution is -0.115. The summed E-state index contributed by atoms with van der Waals surface area (Å²) in [6.45, 7) is 0. The van der Waals surface area contributed by atoms with Crippen molar-refractivity contribution < 1.29 is 9.21 Å². The number of aromatic nitrogens is 2. The number of hydrogen-bond acceptors (Lipinski definition) is 7. The summed E-state index contributed by atoms with van der Waals surface area (Å²) >= 11 is 2.90. The van der Waals surface area contributed by atoms with E-state index in [1.807, 2.05) is 12.1 Å². The van der Waals surface area contributed by atoms with E-state index < -0.39 is 0 Å². The normalized spacial score (nSPS) is 12.6. The van der Waals surface area contributed by atoms with Crippen LogP contribution < -0.4 is 5.32 Å². The molecule has 0 atom stereocenters. The molecule has 8 heteroatoms. The van der Waals surface area contributed by atoms with Crippen LogP contribution in [0.4, 0.5) is 5.13 Å². The van der Waals surface area contributed by atoms with Crippen molar-refractivity contribution in [2.24, 2.45) is 0 Å². The van der Waals surface area contributed by atoms with Gasteiger partial charge in [-0.2, -0.15) is 5.26 Å². The van der Waals surface area contributed by atoms with E-state index in [4.69, 9.17) is 9.68 Å². The monoisotopic (exact) mass is 446 g/mol. The molecular weight excluding hydrogens is 428 g/mol. The maximum absolute atomic E-state index is 12.6. The Kier molecular flexibility index (Phi) is 5.45. The number of nitrogens with zero attached hydrogens (tertiary/aromatic N) is 3. The Morgan fingerprint density at radius 1 is 1.19 bits per heavy atom. The molecule has 31 heavy (non-hydrogen) atoms. The van der Waals surface area contributed by atoms with Crippen LogP contribution in [0.3, 0.4) is 0 Å². The SMILES string of the molecule is N#Cc1ccc(CSc2nnc(NC(=O)Cc3coc4cc5c(cc34)CCC5)s2)cc1. The van der Waals surface area contributed by atoms with Crippen molar-refractivity contribution >= 4 is 45.1 Å². The lowest BCUT2D eigenvalue weighted by atomic mass is 10.0. The Hall–Kier alpha value is -3.15. The summed E-state index contributed by atoms with van der Waals surface area (Å²) < 4.78 is 6.47. The summed E-state index contributed by atoms with van der Waals surface area (Å²) in [4.78, 5) is 12.6. The third-order valence-corrected chi connectivity index (χ3v) is 7.36. The number of amides is 1. The van der Waals surface area contributed by atoms with E-state index in [1.165, 1.54) is 28.9 Å². The number of nitriles is 1. The van der Waals surface area contributed by atoms with Crippen molar-refractivity contribution in [2.75, 3.05) is 5.32 Å². The van der Waals surface area contributed by atoms with Gasteiger partial charge < -0.3 is 9.73 Å². The van der Waals surface area contributed by atoms with Crippen LogP contribution in [-0.4, -0.2) is 16.1 Å². The topological polar surface area (TPSA) is 91.8 Å². The van der Waals surface area contributed by atoms with Gasteiger partial charge in [0.2, 0.25) is 11.0 Å². The lowest BCUT2D eigenvalue weighted by Crippen LogP contribution is -2.14. The predicted octanol–water partition coefficient (Wildman–Crippen LogP) is 5.12. The first-order valence-corrected chi connectivity index (χ1v) is 11.8. The molecule has 2 heterocycles. The van der Waals surface area contributed by atoms with Crippen LogP contribution in [-0.2, 0) is 29.8 Å². The fourth-order valence-corrected chi connectivity index (χ4v) is 5.48. The fraction of sp³-hybridized carbons (Fsp3) is 0.217. The average Bonchev–Trinajstić information content (AvgIpc) is 3.51. The van der Waals surface area contributed by atoms with Crippen LogP contribution in [0.1, 0.15) is 34.2 Å². The number of fused-ring (bicyclic) bond motifs is 2. The average molecular weight is 447 g/mol. The van der Waals surface area contributed by atoms with Gasteiger partial charge in [0, 0.05) is 16.7 Å². The van der Waals surface area contributed by atoms with Crippen molar-refractivity contribution in [3.63, 3.8) is 0 Å². The molecule has 0 spiro atoms. The first-order chi connectivity index (χ1) is 15.2. The summed E-state index contributed by atoms with van der Waals surface area (Å²) in [6.07, 6.45) is 5.29. The number of thioether (sulfide) groups is 1. The molecule has 1 N–H and O–H groups in total. The standard InChI is InChI=1S/C23H18N4O2S2/c24-11-14-4-6-15(7-5-14)13-30-23-27-26-22(31-23)25-21(28)10-18-12-29-20-9-17-3-1-2-16(17)8-19(18)20/h4-9,12H,1-3,10,13H2,(H,25,26,28). The van der Waals surface area contributed by atoms with E-state index in [2.05, 4.69) is 33.7 Å². The highest BCUT2D eigenvalue weighted by atomic mass is 32.2. The molecule has 0 saturated heterocycles. The number of hydrogen-bond donors (Lipinski definition) is 1. The predicted molar refractivity (Wildman–Crippen MR) is 121 cm³/mol. The number of rotatable bonds is 6. The van der Waals surface area contributed by atoms with Crippen LogP contribution in [0, 0.1) is 11.3 Å². The number of anilines is 1. The summed E-state index contributed by atoms with van der Waals surface area (Å²) in [5, 5.41) is 21.5. The Balaban J connectivity index is 1.20. The fourth-order valence-electron chi connectivity index (χ4n) is 3.76. The first kappa shape index (κ1) is 19.8. The van der Waals surface area contributed by atoms with E-state index in [0.717, 1.165) is 45.0 Å². The van der Waals surface area contributed by atoms with E-state index in [-0.39, 0.29) is 12.3 Å². The molecule has 5 rings (SSSR count). The molecule has 0 bridgehead atoms. The van der Waals surface area contributed by atoms with Crippen LogP contribution in [0.2, 0.25) is 0 Å². The number of nitrogens with one attached hydrogen (secondary N) is 1. The third kappa shape index (κ3) is 4.33. The summed E-state index contributed by atoms with van der Waals surface area (Å²) in [5.74, 6) is 0.586. The Bertz CT molecular complexity index is 1300. The second-order valence-corrected chi connectivity index (χ2v) is 9.63.